The SMILES string of the molecule is Oc1c(F)cccc1OC1CCCCC1. The van der Waals surface area contributed by atoms with E-state index in [1.165, 1.54) is 12.5 Å². The molecule has 1 aliphatic carbocycles. The zero-order chi connectivity index (χ0) is 10.7. The highest BCUT2D eigenvalue weighted by atomic mass is 19.1. The smallest absolute Gasteiger partial charge is 0.194 e. The molecule has 0 unspecified atom stereocenters. The van der Waals surface area contributed by atoms with E-state index in [4.69, 9.17) is 4.74 Å². The Labute approximate surface area is 88.7 Å². The first kappa shape index (κ1) is 10.3. The Kier molecular flexibility index (Phi) is 3.09. The lowest BCUT2D eigenvalue weighted by molar-refractivity contribution is 0.149. The monoisotopic (exact) mass is 210 g/mol. The number of rotatable bonds is 2. The molecule has 0 atom stereocenters. The van der Waals surface area contributed by atoms with Gasteiger partial charge in [0.15, 0.2) is 17.3 Å². The minimum absolute atomic E-state index is 0.131. The number of halogens is 1. The van der Waals surface area contributed by atoms with Gasteiger partial charge < -0.3 is 9.84 Å². The molecule has 0 radical (unpaired) electrons. The number of aromatic hydroxyl groups is 1. The van der Waals surface area contributed by atoms with E-state index >= 15 is 0 Å². The average Bonchev–Trinajstić information content (AvgIpc) is 2.26. The van der Waals surface area contributed by atoms with Crippen LogP contribution in [0.1, 0.15) is 32.1 Å². The molecular formula is C12H15FO2. The van der Waals surface area contributed by atoms with Gasteiger partial charge in [0.25, 0.3) is 0 Å². The second-order valence-electron chi connectivity index (χ2n) is 3.96. The highest BCUT2D eigenvalue weighted by Crippen LogP contribution is 2.31. The molecule has 1 aliphatic rings. The van der Waals surface area contributed by atoms with Crippen LogP contribution in [0.5, 0.6) is 11.5 Å². The second kappa shape index (κ2) is 4.51. The van der Waals surface area contributed by atoms with Crippen molar-refractivity contribution in [2.24, 2.45) is 0 Å². The van der Waals surface area contributed by atoms with Gasteiger partial charge in [0.1, 0.15) is 0 Å². The normalized spacial score (nSPS) is 17.7. The number of hydrogen-bond acceptors (Lipinski definition) is 2. The van der Waals surface area contributed by atoms with E-state index in [0.29, 0.717) is 0 Å². The summed E-state index contributed by atoms with van der Waals surface area (Å²) in [5, 5.41) is 9.43. The Balaban J connectivity index is 2.06. The number of ether oxygens (including phenoxy) is 1. The second-order valence-corrected chi connectivity index (χ2v) is 3.96. The molecule has 15 heavy (non-hydrogen) atoms. The molecule has 0 spiro atoms. The highest BCUT2D eigenvalue weighted by molar-refractivity contribution is 5.39. The zero-order valence-corrected chi connectivity index (χ0v) is 8.58. The van der Waals surface area contributed by atoms with E-state index in [9.17, 15) is 9.50 Å². The van der Waals surface area contributed by atoms with Gasteiger partial charge in [0, 0.05) is 0 Å². The van der Waals surface area contributed by atoms with Crippen molar-refractivity contribution in [1.82, 2.24) is 0 Å². The Bertz CT molecular complexity index is 332. The van der Waals surface area contributed by atoms with Gasteiger partial charge in [0.2, 0.25) is 0 Å². The Morgan fingerprint density at radius 2 is 1.93 bits per heavy atom. The van der Waals surface area contributed by atoms with Crippen molar-refractivity contribution in [3.8, 4) is 11.5 Å². The average molecular weight is 210 g/mol. The van der Waals surface area contributed by atoms with Crippen LogP contribution >= 0.6 is 0 Å². The largest absolute Gasteiger partial charge is 0.502 e. The standard InChI is InChI=1S/C12H15FO2/c13-10-7-4-8-11(12(10)14)15-9-5-2-1-3-6-9/h4,7-9,14H,1-3,5-6H2. The number of para-hydroxylation sites is 1. The van der Waals surface area contributed by atoms with Crippen molar-refractivity contribution in [2.75, 3.05) is 0 Å². The predicted molar refractivity (Wildman–Crippen MR) is 55.6 cm³/mol. The van der Waals surface area contributed by atoms with Crippen LogP contribution in [0.2, 0.25) is 0 Å². The van der Waals surface area contributed by atoms with Crippen LogP contribution in [0.25, 0.3) is 0 Å². The van der Waals surface area contributed by atoms with Crippen molar-refractivity contribution in [2.45, 2.75) is 38.2 Å². The molecule has 3 heteroatoms. The van der Waals surface area contributed by atoms with Crippen molar-refractivity contribution >= 4 is 0 Å². The number of hydrogen-bond donors (Lipinski definition) is 1. The van der Waals surface area contributed by atoms with Gasteiger partial charge in [-0.3, -0.25) is 0 Å². The molecular weight excluding hydrogens is 195 g/mol. The quantitative estimate of drug-likeness (QED) is 0.812. The van der Waals surface area contributed by atoms with Gasteiger partial charge in [-0.25, -0.2) is 4.39 Å². The predicted octanol–water partition coefficient (Wildman–Crippen LogP) is 3.24. The molecule has 0 aromatic heterocycles. The van der Waals surface area contributed by atoms with Gasteiger partial charge >= 0.3 is 0 Å². The Hall–Kier alpha value is -1.25. The van der Waals surface area contributed by atoms with Gasteiger partial charge in [0.05, 0.1) is 6.10 Å². The first-order chi connectivity index (χ1) is 7.27. The van der Waals surface area contributed by atoms with E-state index in [2.05, 4.69) is 0 Å². The fourth-order valence-corrected chi connectivity index (χ4v) is 1.95. The molecule has 0 bridgehead atoms. The first-order valence-electron chi connectivity index (χ1n) is 5.41. The molecule has 1 aromatic carbocycles. The van der Waals surface area contributed by atoms with Crippen molar-refractivity contribution in [1.29, 1.82) is 0 Å². The van der Waals surface area contributed by atoms with Crippen molar-refractivity contribution < 1.29 is 14.2 Å². The molecule has 0 amide bonds. The van der Waals surface area contributed by atoms with E-state index in [-0.39, 0.29) is 17.6 Å². The van der Waals surface area contributed by atoms with Crippen LogP contribution in [-0.2, 0) is 0 Å². The number of phenols is 1. The van der Waals surface area contributed by atoms with Crippen LogP contribution in [0.4, 0.5) is 4.39 Å². The zero-order valence-electron chi connectivity index (χ0n) is 8.58. The van der Waals surface area contributed by atoms with Gasteiger partial charge in [-0.1, -0.05) is 12.5 Å². The molecule has 1 saturated carbocycles. The van der Waals surface area contributed by atoms with E-state index < -0.39 is 5.82 Å². The topological polar surface area (TPSA) is 29.5 Å². The molecule has 1 aromatic rings. The van der Waals surface area contributed by atoms with Crippen LogP contribution in [0, 0.1) is 5.82 Å². The maximum atomic E-state index is 13.0. The fourth-order valence-electron chi connectivity index (χ4n) is 1.95. The first-order valence-corrected chi connectivity index (χ1v) is 5.41. The lowest BCUT2D eigenvalue weighted by Crippen LogP contribution is -2.19. The summed E-state index contributed by atoms with van der Waals surface area (Å²) >= 11 is 0. The summed E-state index contributed by atoms with van der Waals surface area (Å²) in [7, 11) is 0. The van der Waals surface area contributed by atoms with E-state index in [1.807, 2.05) is 0 Å². The summed E-state index contributed by atoms with van der Waals surface area (Å²) in [4.78, 5) is 0. The number of benzene rings is 1. The fraction of sp³-hybridized carbons (Fsp3) is 0.500. The summed E-state index contributed by atoms with van der Waals surface area (Å²) in [5.74, 6) is -0.728. The highest BCUT2D eigenvalue weighted by Gasteiger charge is 2.17. The summed E-state index contributed by atoms with van der Waals surface area (Å²) < 4.78 is 18.6. The van der Waals surface area contributed by atoms with Crippen LogP contribution < -0.4 is 4.74 Å². The van der Waals surface area contributed by atoms with E-state index in [0.717, 1.165) is 25.7 Å². The molecule has 1 N–H and O–H groups in total. The molecule has 2 nitrogen and oxygen atoms in total. The summed E-state index contributed by atoms with van der Waals surface area (Å²) in [6, 6.07) is 4.38. The van der Waals surface area contributed by atoms with Crippen LogP contribution in [-0.4, -0.2) is 11.2 Å². The lowest BCUT2D eigenvalue weighted by atomic mass is 9.98. The third-order valence-corrected chi connectivity index (χ3v) is 2.80. The maximum Gasteiger partial charge on any atom is 0.194 e. The van der Waals surface area contributed by atoms with Gasteiger partial charge in [-0.15, -0.1) is 0 Å². The number of phenolic OH excluding ortho intramolecular Hbond substituents is 1. The third kappa shape index (κ3) is 2.41. The van der Waals surface area contributed by atoms with Gasteiger partial charge in [-0.2, -0.15) is 0 Å². The summed E-state index contributed by atoms with van der Waals surface area (Å²) in [5.41, 5.74) is 0. The Morgan fingerprint density at radius 1 is 1.20 bits per heavy atom. The summed E-state index contributed by atoms with van der Waals surface area (Å²) in [6.45, 7) is 0. The molecule has 2 rings (SSSR count). The molecule has 82 valence electrons. The summed E-state index contributed by atoms with van der Waals surface area (Å²) in [6.07, 6.45) is 5.68. The Morgan fingerprint density at radius 3 is 2.67 bits per heavy atom. The molecule has 0 saturated heterocycles. The molecule has 0 heterocycles. The lowest BCUT2D eigenvalue weighted by Gasteiger charge is -2.23. The minimum atomic E-state index is -0.622. The third-order valence-electron chi connectivity index (χ3n) is 2.80. The van der Waals surface area contributed by atoms with Crippen LogP contribution in [0.3, 0.4) is 0 Å². The minimum Gasteiger partial charge on any atom is -0.502 e. The molecule has 0 aliphatic heterocycles. The molecule has 1 fully saturated rings. The van der Waals surface area contributed by atoms with E-state index in [1.54, 1.807) is 12.1 Å². The maximum absolute atomic E-state index is 13.0. The van der Waals surface area contributed by atoms with Gasteiger partial charge in [-0.05, 0) is 37.8 Å². The van der Waals surface area contributed by atoms with Crippen molar-refractivity contribution in [3.05, 3.63) is 24.0 Å². The van der Waals surface area contributed by atoms with Crippen molar-refractivity contribution in [3.63, 3.8) is 0 Å². The van der Waals surface area contributed by atoms with Crippen LogP contribution in [0.15, 0.2) is 18.2 Å².